The minimum absolute atomic E-state index is 0. The van der Waals surface area contributed by atoms with Crippen LogP contribution >= 0.6 is 29.4 Å². The Morgan fingerprint density at radius 3 is 2.43 bits per heavy atom. The third-order valence-corrected chi connectivity index (χ3v) is 4.29. The van der Waals surface area contributed by atoms with E-state index in [1.807, 2.05) is 0 Å². The number of benzene rings is 2. The van der Waals surface area contributed by atoms with Gasteiger partial charge in [-0.2, -0.15) is 13.5 Å². The Kier molecular flexibility index (Phi) is 11.2. The first-order valence-electron chi connectivity index (χ1n) is 7.72. The Labute approximate surface area is 177 Å². The molecule has 2 N–H and O–H groups in total. The molecule has 0 aromatic heterocycles. The Bertz CT molecular complexity index is 768. The van der Waals surface area contributed by atoms with Crippen LogP contribution in [0.5, 0.6) is 0 Å². The fourth-order valence-electron chi connectivity index (χ4n) is 2.49. The minimum atomic E-state index is -1.96. The van der Waals surface area contributed by atoms with Gasteiger partial charge in [0.15, 0.2) is 11.6 Å². The number of carbonyl (C=O) groups is 1. The van der Waals surface area contributed by atoms with Crippen molar-refractivity contribution in [3.8, 4) is 0 Å². The number of amides is 1. The summed E-state index contributed by atoms with van der Waals surface area (Å²) in [6.45, 7) is -1.90. The van der Waals surface area contributed by atoms with Crippen LogP contribution in [0.25, 0.3) is 0 Å². The molecule has 0 radical (unpaired) electrons. The SMILES string of the molecule is C.O=C(N[C@@](CF)(CCO)c1cc(Br)cc(F)c1F)OCc1ccccc1.S. The third kappa shape index (κ3) is 6.42. The van der Waals surface area contributed by atoms with Crippen molar-refractivity contribution >= 4 is 35.5 Å². The van der Waals surface area contributed by atoms with E-state index in [0.29, 0.717) is 5.56 Å². The Hall–Kier alpha value is -1.71. The van der Waals surface area contributed by atoms with E-state index in [1.165, 1.54) is 0 Å². The van der Waals surface area contributed by atoms with E-state index in [0.717, 1.165) is 12.1 Å². The van der Waals surface area contributed by atoms with E-state index < -0.39 is 42.1 Å². The molecule has 0 saturated carbocycles. The van der Waals surface area contributed by atoms with E-state index in [4.69, 9.17) is 4.74 Å². The lowest BCUT2D eigenvalue weighted by molar-refractivity contribution is 0.108. The number of rotatable bonds is 7. The molecular formula is C19H23BrF3NO3S. The van der Waals surface area contributed by atoms with Gasteiger partial charge in [-0.25, -0.2) is 18.0 Å². The van der Waals surface area contributed by atoms with Gasteiger partial charge in [-0.05, 0) is 17.7 Å². The molecule has 0 aliphatic rings. The number of ether oxygens (including phenoxy) is 1. The summed E-state index contributed by atoms with van der Waals surface area (Å²) in [5.74, 6) is -2.51. The zero-order valence-corrected chi connectivity index (χ0v) is 16.7. The highest BCUT2D eigenvalue weighted by Gasteiger charge is 2.38. The number of halogens is 4. The third-order valence-electron chi connectivity index (χ3n) is 3.83. The van der Waals surface area contributed by atoms with Crippen molar-refractivity contribution in [2.24, 2.45) is 0 Å². The van der Waals surface area contributed by atoms with Crippen molar-refractivity contribution in [2.45, 2.75) is 26.0 Å². The molecular weight excluding hydrogens is 459 g/mol. The summed E-state index contributed by atoms with van der Waals surface area (Å²) in [4.78, 5) is 12.1. The van der Waals surface area contributed by atoms with Crippen LogP contribution in [0.15, 0.2) is 46.9 Å². The second-order valence-corrected chi connectivity index (χ2v) is 6.54. The molecule has 0 fully saturated rings. The number of alkyl carbamates (subject to hydrolysis) is 1. The molecule has 0 bridgehead atoms. The molecule has 0 saturated heterocycles. The Morgan fingerprint density at radius 2 is 1.86 bits per heavy atom. The van der Waals surface area contributed by atoms with Gasteiger partial charge >= 0.3 is 6.09 Å². The monoisotopic (exact) mass is 481 g/mol. The molecule has 0 spiro atoms. The summed E-state index contributed by atoms with van der Waals surface area (Å²) in [7, 11) is 0. The summed E-state index contributed by atoms with van der Waals surface area (Å²) < 4.78 is 47.0. The molecule has 9 heteroatoms. The van der Waals surface area contributed by atoms with Crippen LogP contribution < -0.4 is 5.32 Å². The summed E-state index contributed by atoms with van der Waals surface area (Å²) in [6.07, 6.45) is -1.38. The molecule has 1 amide bonds. The number of hydrogen-bond acceptors (Lipinski definition) is 3. The Morgan fingerprint density at radius 1 is 1.21 bits per heavy atom. The first-order chi connectivity index (χ1) is 12.4. The number of aliphatic hydroxyl groups is 1. The van der Waals surface area contributed by atoms with E-state index in [1.54, 1.807) is 30.3 Å². The van der Waals surface area contributed by atoms with E-state index in [-0.39, 0.29) is 38.4 Å². The van der Waals surface area contributed by atoms with Crippen LogP contribution in [0.2, 0.25) is 0 Å². The standard InChI is InChI=1S/C18H17BrF3NO3.CH4.H2S/c19-13-8-14(16(22)15(21)9-13)18(11-20,6-7-24)23-17(25)26-10-12-4-2-1-3-5-12;;/h1-5,8-9,24H,6-7,10-11H2,(H,23,25);1H4;1H2/t18-;;/m1../s1. The topological polar surface area (TPSA) is 58.6 Å². The fraction of sp³-hybridized carbons (Fsp3) is 0.316. The van der Waals surface area contributed by atoms with Gasteiger partial charge < -0.3 is 15.2 Å². The maximum absolute atomic E-state index is 14.3. The molecule has 2 aromatic rings. The number of alkyl halides is 1. The summed E-state index contributed by atoms with van der Waals surface area (Å²) in [6, 6.07) is 10.8. The number of nitrogens with one attached hydrogen (secondary N) is 1. The average molecular weight is 482 g/mol. The van der Waals surface area contributed by atoms with Crippen molar-refractivity contribution in [3.63, 3.8) is 0 Å². The fourth-order valence-corrected chi connectivity index (χ4v) is 2.92. The van der Waals surface area contributed by atoms with Gasteiger partial charge in [-0.3, -0.25) is 0 Å². The maximum Gasteiger partial charge on any atom is 0.408 e. The molecule has 156 valence electrons. The molecule has 2 rings (SSSR count). The van der Waals surface area contributed by atoms with Gasteiger partial charge in [0.05, 0.1) is 0 Å². The zero-order valence-electron chi connectivity index (χ0n) is 14.1. The molecule has 0 aliphatic carbocycles. The van der Waals surface area contributed by atoms with E-state index in [2.05, 4.69) is 21.2 Å². The molecule has 2 aromatic carbocycles. The highest BCUT2D eigenvalue weighted by atomic mass is 79.9. The molecule has 1 atom stereocenters. The minimum Gasteiger partial charge on any atom is -0.445 e. The summed E-state index contributed by atoms with van der Waals surface area (Å²) in [5.41, 5.74) is -1.68. The maximum atomic E-state index is 14.3. The molecule has 28 heavy (non-hydrogen) atoms. The van der Waals surface area contributed by atoms with Gasteiger partial charge in [0.2, 0.25) is 0 Å². The largest absolute Gasteiger partial charge is 0.445 e. The van der Waals surface area contributed by atoms with Crippen LogP contribution in [-0.4, -0.2) is 24.5 Å². The second-order valence-electron chi connectivity index (χ2n) is 5.63. The van der Waals surface area contributed by atoms with Gasteiger partial charge in [-0.15, -0.1) is 0 Å². The van der Waals surface area contributed by atoms with Crippen LogP contribution in [0, 0.1) is 11.6 Å². The normalized spacial score (nSPS) is 12.2. The molecule has 0 aliphatic heterocycles. The first kappa shape index (κ1) is 26.3. The number of carbonyl (C=O) groups excluding carboxylic acids is 1. The summed E-state index contributed by atoms with van der Waals surface area (Å²) >= 11 is 3.01. The lowest BCUT2D eigenvalue weighted by Crippen LogP contribution is -2.49. The van der Waals surface area contributed by atoms with Gasteiger partial charge in [0.1, 0.15) is 18.8 Å². The highest BCUT2D eigenvalue weighted by Crippen LogP contribution is 2.32. The lowest BCUT2D eigenvalue weighted by Gasteiger charge is -2.32. The highest BCUT2D eigenvalue weighted by molar-refractivity contribution is 9.10. The van der Waals surface area contributed by atoms with Crippen LogP contribution in [0.1, 0.15) is 25.0 Å². The van der Waals surface area contributed by atoms with Gasteiger partial charge in [0.25, 0.3) is 0 Å². The predicted molar refractivity (Wildman–Crippen MR) is 110 cm³/mol. The average Bonchev–Trinajstić information content (AvgIpc) is 2.63. The van der Waals surface area contributed by atoms with Gasteiger partial charge in [-0.1, -0.05) is 53.7 Å². The number of aliphatic hydroxyl groups excluding tert-OH is 1. The van der Waals surface area contributed by atoms with Crippen molar-refractivity contribution in [1.29, 1.82) is 0 Å². The van der Waals surface area contributed by atoms with Crippen LogP contribution in [0.3, 0.4) is 0 Å². The lowest BCUT2D eigenvalue weighted by atomic mass is 9.87. The number of hydrogen-bond donors (Lipinski definition) is 2. The molecule has 0 heterocycles. The predicted octanol–water partition coefficient (Wildman–Crippen LogP) is 4.95. The Balaban J connectivity index is 0.00000364. The summed E-state index contributed by atoms with van der Waals surface area (Å²) in [5, 5.41) is 11.5. The zero-order chi connectivity index (χ0) is 19.2. The van der Waals surface area contributed by atoms with E-state index in [9.17, 15) is 23.1 Å². The van der Waals surface area contributed by atoms with Crippen molar-refractivity contribution in [2.75, 3.05) is 13.3 Å². The molecule has 4 nitrogen and oxygen atoms in total. The molecule has 0 unspecified atom stereocenters. The van der Waals surface area contributed by atoms with Crippen LogP contribution in [-0.2, 0) is 16.9 Å². The quantitative estimate of drug-likeness (QED) is 0.550. The van der Waals surface area contributed by atoms with Gasteiger partial charge in [0, 0.05) is 23.1 Å². The van der Waals surface area contributed by atoms with E-state index >= 15 is 0 Å². The smallest absolute Gasteiger partial charge is 0.408 e. The second kappa shape index (κ2) is 12.0. The van der Waals surface area contributed by atoms with Crippen molar-refractivity contribution in [3.05, 3.63) is 69.7 Å². The van der Waals surface area contributed by atoms with Crippen LogP contribution in [0.4, 0.5) is 18.0 Å². The first-order valence-corrected chi connectivity index (χ1v) is 8.52. The van der Waals surface area contributed by atoms with Crippen molar-refractivity contribution < 1.29 is 27.8 Å². The van der Waals surface area contributed by atoms with Crippen molar-refractivity contribution in [1.82, 2.24) is 5.32 Å².